The van der Waals surface area contributed by atoms with Crippen LogP contribution in [0.3, 0.4) is 0 Å². The Labute approximate surface area is 127 Å². The predicted octanol–water partition coefficient (Wildman–Crippen LogP) is 1.57. The van der Waals surface area contributed by atoms with Crippen LogP contribution in [0.15, 0.2) is 11.0 Å². The second-order valence-electron chi connectivity index (χ2n) is 6.01. The summed E-state index contributed by atoms with van der Waals surface area (Å²) in [5.41, 5.74) is 8.84. The van der Waals surface area contributed by atoms with Gasteiger partial charge in [-0.2, -0.15) is 0 Å². The number of rotatable bonds is 4. The number of nitrogen functional groups attached to an aromatic ring is 1. The number of hydrogen-bond acceptors (Lipinski definition) is 4. The Morgan fingerprint density at radius 1 is 1.33 bits per heavy atom. The van der Waals surface area contributed by atoms with Crippen molar-refractivity contribution in [3.8, 4) is 0 Å². The quantitative estimate of drug-likeness (QED) is 0.828. The lowest BCUT2D eigenvalue weighted by Gasteiger charge is -2.21. The van der Waals surface area contributed by atoms with Gasteiger partial charge in [-0.3, -0.25) is 0 Å². The van der Waals surface area contributed by atoms with Crippen LogP contribution in [0.5, 0.6) is 0 Å². The summed E-state index contributed by atoms with van der Waals surface area (Å²) in [4.78, 5) is 2.53. The van der Waals surface area contributed by atoms with E-state index in [2.05, 4.69) is 9.62 Å². The average molecular weight is 311 g/mol. The number of likely N-dealkylation sites (tertiary alicyclic amines) is 1. The SMILES string of the molecule is Cc1cc(C)c(S(=O)(=O)NCC2CCCN2C)c(C)c1N. The van der Waals surface area contributed by atoms with Gasteiger partial charge in [-0.1, -0.05) is 6.07 Å². The van der Waals surface area contributed by atoms with Crippen molar-refractivity contribution in [1.29, 1.82) is 0 Å². The molecule has 0 saturated carbocycles. The van der Waals surface area contributed by atoms with Crippen LogP contribution in [0.25, 0.3) is 0 Å². The maximum atomic E-state index is 12.6. The molecule has 1 aromatic rings. The highest BCUT2D eigenvalue weighted by Crippen LogP contribution is 2.28. The second-order valence-corrected chi connectivity index (χ2v) is 7.71. The molecule has 0 amide bonds. The van der Waals surface area contributed by atoms with E-state index in [9.17, 15) is 8.42 Å². The Kier molecular flexibility index (Phi) is 4.60. The van der Waals surface area contributed by atoms with Gasteiger partial charge in [0.15, 0.2) is 0 Å². The van der Waals surface area contributed by atoms with Crippen molar-refractivity contribution in [3.63, 3.8) is 0 Å². The number of sulfonamides is 1. The zero-order chi connectivity index (χ0) is 15.8. The molecular weight excluding hydrogens is 286 g/mol. The fourth-order valence-electron chi connectivity index (χ4n) is 3.11. The van der Waals surface area contributed by atoms with Crippen LogP contribution in [-0.4, -0.2) is 39.5 Å². The number of hydrogen-bond donors (Lipinski definition) is 2. The van der Waals surface area contributed by atoms with Crippen molar-refractivity contribution < 1.29 is 8.42 Å². The minimum absolute atomic E-state index is 0.281. The standard InChI is InChI=1S/C15H25N3O2S/c1-10-8-11(2)15(12(3)14(10)16)21(19,20)17-9-13-6-5-7-18(13)4/h8,13,17H,5-7,9,16H2,1-4H3. The van der Waals surface area contributed by atoms with Crippen LogP contribution in [0.1, 0.15) is 29.5 Å². The Morgan fingerprint density at radius 2 is 2.00 bits per heavy atom. The van der Waals surface area contributed by atoms with Crippen LogP contribution < -0.4 is 10.5 Å². The van der Waals surface area contributed by atoms with Gasteiger partial charge >= 0.3 is 0 Å². The number of nitrogens with zero attached hydrogens (tertiary/aromatic N) is 1. The zero-order valence-electron chi connectivity index (χ0n) is 13.2. The van der Waals surface area contributed by atoms with E-state index in [4.69, 9.17) is 5.73 Å². The largest absolute Gasteiger partial charge is 0.398 e. The molecule has 0 bridgehead atoms. The first-order valence-electron chi connectivity index (χ1n) is 7.30. The van der Waals surface area contributed by atoms with E-state index < -0.39 is 10.0 Å². The van der Waals surface area contributed by atoms with Crippen molar-refractivity contribution in [3.05, 3.63) is 22.8 Å². The zero-order valence-corrected chi connectivity index (χ0v) is 14.0. The van der Waals surface area contributed by atoms with E-state index in [0.29, 0.717) is 22.7 Å². The monoisotopic (exact) mass is 311 g/mol. The number of nitrogens with two attached hydrogens (primary N) is 1. The van der Waals surface area contributed by atoms with E-state index in [1.807, 2.05) is 27.0 Å². The lowest BCUT2D eigenvalue weighted by molar-refractivity contribution is 0.311. The van der Waals surface area contributed by atoms with Crippen LogP contribution in [0.2, 0.25) is 0 Å². The summed E-state index contributed by atoms with van der Waals surface area (Å²) in [7, 11) is -1.49. The van der Waals surface area contributed by atoms with Crippen molar-refractivity contribution in [1.82, 2.24) is 9.62 Å². The molecule has 21 heavy (non-hydrogen) atoms. The molecule has 118 valence electrons. The van der Waals surface area contributed by atoms with Crippen molar-refractivity contribution >= 4 is 15.7 Å². The summed E-state index contributed by atoms with van der Waals surface area (Å²) in [6, 6.07) is 2.11. The fraction of sp³-hybridized carbons (Fsp3) is 0.600. The highest BCUT2D eigenvalue weighted by Gasteiger charge is 2.26. The maximum absolute atomic E-state index is 12.6. The molecule has 5 nitrogen and oxygen atoms in total. The molecule has 1 unspecified atom stereocenters. The van der Waals surface area contributed by atoms with Gasteiger partial charge in [0.25, 0.3) is 0 Å². The Hall–Kier alpha value is -1.11. The Morgan fingerprint density at radius 3 is 2.57 bits per heavy atom. The molecule has 1 aliphatic heterocycles. The number of likely N-dealkylation sites (N-methyl/N-ethyl adjacent to an activating group) is 1. The number of aryl methyl sites for hydroxylation is 2. The van der Waals surface area contributed by atoms with E-state index in [-0.39, 0.29) is 6.04 Å². The van der Waals surface area contributed by atoms with Gasteiger partial charge in [-0.25, -0.2) is 13.1 Å². The summed E-state index contributed by atoms with van der Waals surface area (Å²) >= 11 is 0. The smallest absolute Gasteiger partial charge is 0.241 e. The molecule has 2 rings (SSSR count). The highest BCUT2D eigenvalue weighted by atomic mass is 32.2. The van der Waals surface area contributed by atoms with Crippen LogP contribution in [0, 0.1) is 20.8 Å². The van der Waals surface area contributed by atoms with Gasteiger partial charge < -0.3 is 10.6 Å². The third kappa shape index (κ3) is 3.22. The van der Waals surface area contributed by atoms with Crippen molar-refractivity contribution in [2.45, 2.75) is 44.6 Å². The molecule has 1 fully saturated rings. The number of nitrogens with one attached hydrogen (secondary N) is 1. The molecule has 6 heteroatoms. The number of benzene rings is 1. The molecule has 0 aliphatic carbocycles. The third-order valence-corrected chi connectivity index (χ3v) is 6.12. The molecule has 3 N–H and O–H groups in total. The summed E-state index contributed by atoms with van der Waals surface area (Å²) in [6.45, 7) is 6.96. The summed E-state index contributed by atoms with van der Waals surface area (Å²) in [6.07, 6.45) is 2.16. The lowest BCUT2D eigenvalue weighted by Crippen LogP contribution is -2.38. The summed E-state index contributed by atoms with van der Waals surface area (Å²) < 4.78 is 28.0. The highest BCUT2D eigenvalue weighted by molar-refractivity contribution is 7.89. The predicted molar refractivity (Wildman–Crippen MR) is 85.9 cm³/mol. The van der Waals surface area contributed by atoms with Gasteiger partial charge in [0, 0.05) is 18.3 Å². The normalized spacial score (nSPS) is 20.1. The van der Waals surface area contributed by atoms with E-state index in [1.165, 1.54) is 0 Å². The fourth-order valence-corrected chi connectivity index (χ4v) is 4.66. The van der Waals surface area contributed by atoms with Crippen LogP contribution >= 0.6 is 0 Å². The molecule has 1 saturated heterocycles. The molecule has 1 atom stereocenters. The minimum Gasteiger partial charge on any atom is -0.398 e. The van der Waals surface area contributed by atoms with Gasteiger partial charge in [-0.15, -0.1) is 0 Å². The molecule has 1 aromatic carbocycles. The van der Waals surface area contributed by atoms with Gasteiger partial charge in [0.1, 0.15) is 0 Å². The van der Waals surface area contributed by atoms with Crippen molar-refractivity contribution in [2.75, 3.05) is 25.9 Å². The van der Waals surface area contributed by atoms with E-state index >= 15 is 0 Å². The topological polar surface area (TPSA) is 75.4 Å². The first-order chi connectivity index (χ1) is 9.74. The van der Waals surface area contributed by atoms with Gasteiger partial charge in [0.05, 0.1) is 4.90 Å². The first kappa shape index (κ1) is 16.3. The Balaban J connectivity index is 2.26. The first-order valence-corrected chi connectivity index (χ1v) is 8.78. The average Bonchev–Trinajstić information content (AvgIpc) is 2.79. The Bertz CT molecular complexity index is 641. The van der Waals surface area contributed by atoms with E-state index in [1.54, 1.807) is 6.92 Å². The maximum Gasteiger partial charge on any atom is 0.241 e. The molecule has 0 spiro atoms. The molecule has 0 aromatic heterocycles. The molecular formula is C15H25N3O2S. The second kappa shape index (κ2) is 5.94. The van der Waals surface area contributed by atoms with Crippen LogP contribution in [0.4, 0.5) is 5.69 Å². The molecule has 1 heterocycles. The van der Waals surface area contributed by atoms with Crippen LogP contribution in [-0.2, 0) is 10.0 Å². The van der Waals surface area contributed by atoms with Gasteiger partial charge in [-0.05, 0) is 63.9 Å². The minimum atomic E-state index is -3.53. The lowest BCUT2D eigenvalue weighted by atomic mass is 10.1. The summed E-state index contributed by atoms with van der Waals surface area (Å²) in [5.74, 6) is 0. The van der Waals surface area contributed by atoms with E-state index in [0.717, 1.165) is 30.5 Å². The third-order valence-electron chi connectivity index (χ3n) is 4.41. The molecule has 0 radical (unpaired) electrons. The van der Waals surface area contributed by atoms with Gasteiger partial charge in [0.2, 0.25) is 10.0 Å². The molecule has 1 aliphatic rings. The van der Waals surface area contributed by atoms with Crippen molar-refractivity contribution in [2.24, 2.45) is 0 Å². The number of anilines is 1. The summed E-state index contributed by atoms with van der Waals surface area (Å²) in [5, 5.41) is 0.